The van der Waals surface area contributed by atoms with E-state index in [0.29, 0.717) is 0 Å². The van der Waals surface area contributed by atoms with E-state index >= 15 is 0 Å². The third kappa shape index (κ3) is 1.97. The number of hydrogen-bond donors (Lipinski definition) is 1. The lowest BCUT2D eigenvalue weighted by atomic mass is 9.92. The molecule has 66 valence electrons. The van der Waals surface area contributed by atoms with Gasteiger partial charge in [0.1, 0.15) is 0 Å². The summed E-state index contributed by atoms with van der Waals surface area (Å²) in [6, 6.07) is 0. The molecule has 1 amide bonds. The van der Waals surface area contributed by atoms with Gasteiger partial charge in [-0.15, -0.1) is 0 Å². The van der Waals surface area contributed by atoms with Crippen LogP contribution in [0.25, 0.3) is 0 Å². The number of amides is 1. The van der Waals surface area contributed by atoms with Crippen LogP contribution >= 0.6 is 0 Å². The Morgan fingerprint density at radius 2 is 2.17 bits per heavy atom. The van der Waals surface area contributed by atoms with Crippen LogP contribution in [-0.4, -0.2) is 6.41 Å². The topological polar surface area (TPSA) is 29.1 Å². The molecule has 0 aromatic rings. The van der Waals surface area contributed by atoms with E-state index < -0.39 is 0 Å². The number of allylic oxidation sites excluding steroid dienone is 3. The Bertz CT molecular complexity index is 228. The molecule has 12 heavy (non-hydrogen) atoms. The lowest BCUT2D eigenvalue weighted by Gasteiger charge is -2.19. The van der Waals surface area contributed by atoms with Gasteiger partial charge in [-0.1, -0.05) is 12.2 Å². The maximum atomic E-state index is 10.3. The van der Waals surface area contributed by atoms with Gasteiger partial charge in [0.05, 0.1) is 0 Å². The third-order valence-electron chi connectivity index (χ3n) is 2.22. The third-order valence-corrected chi connectivity index (χ3v) is 2.22. The van der Waals surface area contributed by atoms with Crippen molar-refractivity contribution >= 4 is 6.41 Å². The summed E-state index contributed by atoms with van der Waals surface area (Å²) < 4.78 is 0. The number of carbonyl (C=O) groups excluding carboxylic acids is 1. The van der Waals surface area contributed by atoms with E-state index in [0.717, 1.165) is 30.5 Å². The molecule has 1 N–H and O–H groups in total. The molecule has 1 aliphatic rings. The molecule has 0 heterocycles. The molecule has 0 atom stereocenters. The van der Waals surface area contributed by atoms with Gasteiger partial charge in [0.15, 0.2) is 0 Å². The van der Waals surface area contributed by atoms with Gasteiger partial charge in [0.25, 0.3) is 0 Å². The van der Waals surface area contributed by atoms with Crippen molar-refractivity contribution in [1.29, 1.82) is 0 Å². The Balaban J connectivity index is 2.82. The molecule has 2 nitrogen and oxygen atoms in total. The molecule has 0 aromatic heterocycles. The summed E-state index contributed by atoms with van der Waals surface area (Å²) in [5.41, 5.74) is 3.40. The van der Waals surface area contributed by atoms with Crippen molar-refractivity contribution in [3.63, 3.8) is 0 Å². The second kappa shape index (κ2) is 4.10. The van der Waals surface area contributed by atoms with Crippen LogP contribution in [0.5, 0.6) is 0 Å². The summed E-state index contributed by atoms with van der Waals surface area (Å²) >= 11 is 0. The van der Waals surface area contributed by atoms with Crippen molar-refractivity contribution < 1.29 is 4.79 Å². The van der Waals surface area contributed by atoms with Gasteiger partial charge in [-0.3, -0.25) is 4.79 Å². The summed E-state index contributed by atoms with van der Waals surface area (Å²) in [5, 5.41) is 2.75. The first-order valence-electron chi connectivity index (χ1n) is 4.34. The van der Waals surface area contributed by atoms with Crippen molar-refractivity contribution in [1.82, 2.24) is 5.32 Å². The Labute approximate surface area is 73.4 Å². The number of rotatable bonds is 3. The van der Waals surface area contributed by atoms with E-state index in [4.69, 9.17) is 0 Å². The number of nitrogens with one attached hydrogen (secondary N) is 1. The van der Waals surface area contributed by atoms with Crippen molar-refractivity contribution in [2.75, 3.05) is 0 Å². The van der Waals surface area contributed by atoms with Gasteiger partial charge in [0, 0.05) is 5.70 Å². The largest absolute Gasteiger partial charge is 0.332 e. The Morgan fingerprint density at radius 3 is 2.75 bits per heavy atom. The van der Waals surface area contributed by atoms with E-state index in [-0.39, 0.29) is 0 Å². The van der Waals surface area contributed by atoms with E-state index in [1.54, 1.807) is 0 Å². The molecule has 0 saturated heterocycles. The first-order chi connectivity index (χ1) is 5.75. The Morgan fingerprint density at radius 1 is 1.50 bits per heavy atom. The van der Waals surface area contributed by atoms with E-state index in [9.17, 15) is 4.79 Å². The lowest BCUT2D eigenvalue weighted by Crippen LogP contribution is -2.16. The monoisotopic (exact) mass is 165 g/mol. The summed E-state index contributed by atoms with van der Waals surface area (Å²) in [5.74, 6) is 0. The maximum Gasteiger partial charge on any atom is 0.211 e. The Kier molecular flexibility index (Phi) is 3.09. The van der Waals surface area contributed by atoms with Gasteiger partial charge in [-0.05, 0) is 38.2 Å². The highest BCUT2D eigenvalue weighted by Gasteiger charge is 2.11. The molecular weight excluding hydrogens is 150 g/mol. The van der Waals surface area contributed by atoms with Gasteiger partial charge >= 0.3 is 0 Å². The van der Waals surface area contributed by atoms with Crippen molar-refractivity contribution in [3.05, 3.63) is 23.4 Å². The van der Waals surface area contributed by atoms with Crippen LogP contribution in [-0.2, 0) is 4.79 Å². The van der Waals surface area contributed by atoms with Crippen LogP contribution in [0.3, 0.4) is 0 Å². The van der Waals surface area contributed by atoms with E-state index in [2.05, 4.69) is 11.9 Å². The molecule has 0 bridgehead atoms. The zero-order chi connectivity index (χ0) is 8.97. The molecule has 0 radical (unpaired) electrons. The Hall–Kier alpha value is -1.05. The minimum atomic E-state index is 0.754. The van der Waals surface area contributed by atoms with Crippen LogP contribution in [0, 0.1) is 0 Å². The van der Waals surface area contributed by atoms with E-state index in [1.807, 2.05) is 6.92 Å². The molecule has 0 saturated carbocycles. The van der Waals surface area contributed by atoms with Gasteiger partial charge < -0.3 is 5.32 Å². The molecule has 1 aliphatic carbocycles. The molecule has 0 spiro atoms. The fourth-order valence-electron chi connectivity index (χ4n) is 1.61. The minimum absolute atomic E-state index is 0.754. The van der Waals surface area contributed by atoms with Gasteiger partial charge in [-0.2, -0.15) is 0 Å². The molecule has 0 aliphatic heterocycles. The highest BCUT2D eigenvalue weighted by Crippen LogP contribution is 2.26. The predicted octanol–water partition coefficient (Wildman–Crippen LogP) is 2.14. The zero-order valence-electron chi connectivity index (χ0n) is 7.52. The fraction of sp³-hybridized carbons (Fsp3) is 0.500. The van der Waals surface area contributed by atoms with Crippen molar-refractivity contribution in [2.45, 2.75) is 32.6 Å². The SMILES string of the molecule is C=C(C)C1=C(NC=O)CCCC1. The molecule has 0 unspecified atom stereocenters. The van der Waals surface area contributed by atoms with Crippen LogP contribution in [0.4, 0.5) is 0 Å². The van der Waals surface area contributed by atoms with Crippen LogP contribution in [0.15, 0.2) is 23.4 Å². The standard InChI is InChI=1S/C10H15NO/c1-8(2)9-5-3-4-6-10(9)11-7-12/h7H,1,3-6H2,2H3,(H,11,12). The number of hydrogen-bond acceptors (Lipinski definition) is 1. The molecule has 1 rings (SSSR count). The summed E-state index contributed by atoms with van der Waals surface area (Å²) in [4.78, 5) is 10.3. The maximum absolute atomic E-state index is 10.3. The highest BCUT2D eigenvalue weighted by molar-refractivity contribution is 5.52. The summed E-state index contributed by atoms with van der Waals surface area (Å²) in [7, 11) is 0. The van der Waals surface area contributed by atoms with Crippen molar-refractivity contribution in [3.8, 4) is 0 Å². The number of carbonyl (C=O) groups is 1. The summed E-state index contributed by atoms with van der Waals surface area (Å²) in [6.07, 6.45) is 5.19. The average molecular weight is 165 g/mol. The van der Waals surface area contributed by atoms with Crippen LogP contribution < -0.4 is 5.32 Å². The minimum Gasteiger partial charge on any atom is -0.332 e. The predicted molar refractivity (Wildman–Crippen MR) is 49.5 cm³/mol. The highest BCUT2D eigenvalue weighted by atomic mass is 16.1. The smallest absolute Gasteiger partial charge is 0.211 e. The first kappa shape index (κ1) is 9.04. The zero-order valence-corrected chi connectivity index (χ0v) is 7.52. The molecule has 2 heteroatoms. The van der Waals surface area contributed by atoms with Gasteiger partial charge in [0.2, 0.25) is 6.41 Å². The summed E-state index contributed by atoms with van der Waals surface area (Å²) in [6.45, 7) is 5.89. The van der Waals surface area contributed by atoms with Crippen molar-refractivity contribution in [2.24, 2.45) is 0 Å². The van der Waals surface area contributed by atoms with Crippen LogP contribution in [0.2, 0.25) is 0 Å². The van der Waals surface area contributed by atoms with Crippen LogP contribution in [0.1, 0.15) is 32.6 Å². The van der Waals surface area contributed by atoms with E-state index in [1.165, 1.54) is 18.4 Å². The second-order valence-corrected chi connectivity index (χ2v) is 3.21. The normalized spacial score (nSPS) is 17.4. The molecular formula is C10H15NO. The average Bonchev–Trinajstić information content (AvgIpc) is 2.05. The fourth-order valence-corrected chi connectivity index (χ4v) is 1.61. The quantitative estimate of drug-likeness (QED) is 0.638. The molecule has 0 aromatic carbocycles. The van der Waals surface area contributed by atoms with Gasteiger partial charge in [-0.25, -0.2) is 0 Å². The molecule has 0 fully saturated rings. The first-order valence-corrected chi connectivity index (χ1v) is 4.34. The lowest BCUT2D eigenvalue weighted by molar-refractivity contribution is -0.109. The second-order valence-electron chi connectivity index (χ2n) is 3.21.